The molecule has 0 amide bonds. The van der Waals surface area contributed by atoms with Gasteiger partial charge in [0.2, 0.25) is 0 Å². The molecule has 0 saturated heterocycles. The van der Waals surface area contributed by atoms with Crippen LogP contribution in [0.25, 0.3) is 0 Å². The topological polar surface area (TPSA) is 88.6 Å². The molecule has 0 aromatic heterocycles. The van der Waals surface area contributed by atoms with E-state index in [1.54, 1.807) is 24.3 Å². The fraction of sp³-hybridized carbons (Fsp3) is 0.0370. The van der Waals surface area contributed by atoms with Gasteiger partial charge in [-0.1, -0.05) is 65.7 Å². The van der Waals surface area contributed by atoms with Crippen LogP contribution in [0.5, 0.6) is 11.5 Å². The van der Waals surface area contributed by atoms with Gasteiger partial charge in [0.1, 0.15) is 0 Å². The number of benzene rings is 4. The van der Waals surface area contributed by atoms with E-state index >= 15 is 0 Å². The number of thiocarbonyl (C=S) groups is 2. The zero-order chi connectivity index (χ0) is 29.3. The molecule has 0 heterocycles. The first kappa shape index (κ1) is 30.8. The molecular formula is C27H21Cl2F3N4O2S2. The number of hydrogen-bond donors (Lipinski definition) is 6. The first-order valence-electron chi connectivity index (χ1n) is 11.3. The van der Waals surface area contributed by atoms with E-state index in [0.29, 0.717) is 10.8 Å². The van der Waals surface area contributed by atoms with Crippen molar-refractivity contribution in [2.24, 2.45) is 0 Å². The lowest BCUT2D eigenvalue weighted by Crippen LogP contribution is -2.21. The van der Waals surface area contributed by atoms with Crippen LogP contribution >= 0.6 is 47.6 Å². The SMILES string of the molecule is Oc1c(Cl)cccc1NC(=S)Nc1ccccc1.Oc1c(Cl)cccc1NC(=S)Nc1ccccc1C(F)(F)F. The number of halogens is 5. The largest absolute Gasteiger partial charge is 0.504 e. The van der Waals surface area contributed by atoms with E-state index in [1.807, 2.05) is 30.3 Å². The molecule has 13 heteroatoms. The minimum atomic E-state index is -4.50. The minimum Gasteiger partial charge on any atom is -0.504 e. The van der Waals surface area contributed by atoms with Crippen LogP contribution in [0.4, 0.5) is 35.9 Å². The highest BCUT2D eigenvalue weighted by Gasteiger charge is 2.33. The van der Waals surface area contributed by atoms with Gasteiger partial charge in [-0.05, 0) is 73.0 Å². The number of phenols is 2. The van der Waals surface area contributed by atoms with Crippen molar-refractivity contribution in [1.29, 1.82) is 0 Å². The van der Waals surface area contributed by atoms with Crippen molar-refractivity contribution in [3.8, 4) is 11.5 Å². The normalized spacial score (nSPS) is 10.5. The summed E-state index contributed by atoms with van der Waals surface area (Å²) in [6, 6.07) is 24.0. The third-order valence-corrected chi connectivity index (χ3v) is 6.00. The summed E-state index contributed by atoms with van der Waals surface area (Å²) in [4.78, 5) is 0. The average molecular weight is 626 g/mol. The Bertz CT molecular complexity index is 1490. The number of anilines is 4. The van der Waals surface area contributed by atoms with Crippen molar-refractivity contribution in [1.82, 2.24) is 0 Å². The highest BCUT2D eigenvalue weighted by atomic mass is 35.5. The third kappa shape index (κ3) is 8.88. The molecule has 6 nitrogen and oxygen atoms in total. The smallest absolute Gasteiger partial charge is 0.418 e. The van der Waals surface area contributed by atoms with E-state index < -0.39 is 11.7 Å². The maximum atomic E-state index is 12.9. The number of para-hydroxylation sites is 4. The predicted molar refractivity (Wildman–Crippen MR) is 164 cm³/mol. The van der Waals surface area contributed by atoms with Gasteiger partial charge in [0.15, 0.2) is 21.7 Å². The first-order valence-corrected chi connectivity index (χ1v) is 12.8. The number of rotatable bonds is 4. The van der Waals surface area contributed by atoms with Gasteiger partial charge in [0.05, 0.1) is 32.7 Å². The van der Waals surface area contributed by atoms with Crippen LogP contribution in [-0.4, -0.2) is 20.4 Å². The summed E-state index contributed by atoms with van der Waals surface area (Å²) in [5.74, 6) is -0.256. The second-order valence-corrected chi connectivity index (χ2v) is 9.47. The Morgan fingerprint density at radius 2 is 1.00 bits per heavy atom. The second kappa shape index (κ2) is 14.0. The Kier molecular flexibility index (Phi) is 10.8. The Labute approximate surface area is 248 Å². The van der Waals surface area contributed by atoms with Crippen molar-refractivity contribution < 1.29 is 23.4 Å². The molecule has 4 aromatic rings. The van der Waals surface area contributed by atoms with Crippen LogP contribution in [0.3, 0.4) is 0 Å². The Balaban J connectivity index is 0.000000225. The molecule has 0 aliphatic heterocycles. The molecule has 0 aliphatic carbocycles. The monoisotopic (exact) mass is 624 g/mol. The number of phenolic OH excluding ortho intramolecular Hbond substituents is 2. The summed E-state index contributed by atoms with van der Waals surface area (Å²) in [5.41, 5.74) is 0.505. The van der Waals surface area contributed by atoms with Gasteiger partial charge >= 0.3 is 6.18 Å². The minimum absolute atomic E-state index is 0.0172. The van der Waals surface area contributed by atoms with E-state index in [0.717, 1.165) is 11.8 Å². The second-order valence-electron chi connectivity index (χ2n) is 7.84. The molecule has 0 saturated carbocycles. The number of aromatic hydroxyl groups is 2. The van der Waals surface area contributed by atoms with E-state index in [2.05, 4.69) is 21.3 Å². The Morgan fingerprint density at radius 1 is 0.575 bits per heavy atom. The van der Waals surface area contributed by atoms with Gasteiger partial charge in [0.25, 0.3) is 0 Å². The number of hydrogen-bond acceptors (Lipinski definition) is 4. The van der Waals surface area contributed by atoms with Gasteiger partial charge in [0, 0.05) is 5.69 Å². The van der Waals surface area contributed by atoms with Crippen LogP contribution in [0.15, 0.2) is 91.0 Å². The zero-order valence-electron chi connectivity index (χ0n) is 20.3. The van der Waals surface area contributed by atoms with Crippen LogP contribution < -0.4 is 21.3 Å². The van der Waals surface area contributed by atoms with Crippen molar-refractivity contribution >= 4 is 80.6 Å². The van der Waals surface area contributed by atoms with Crippen LogP contribution in [0, 0.1) is 0 Å². The maximum Gasteiger partial charge on any atom is 0.418 e. The molecule has 0 aliphatic rings. The summed E-state index contributed by atoms with van der Waals surface area (Å²) >= 11 is 21.6. The molecule has 208 valence electrons. The molecular weight excluding hydrogens is 604 g/mol. The van der Waals surface area contributed by atoms with Crippen molar-refractivity contribution in [2.75, 3.05) is 21.3 Å². The van der Waals surface area contributed by atoms with Crippen LogP contribution in [0.2, 0.25) is 10.0 Å². The molecule has 0 bridgehead atoms. The fourth-order valence-corrected chi connectivity index (χ4v) is 3.95. The lowest BCUT2D eigenvalue weighted by Gasteiger charge is -2.16. The summed E-state index contributed by atoms with van der Waals surface area (Å²) in [6.45, 7) is 0. The molecule has 0 unspecified atom stereocenters. The summed E-state index contributed by atoms with van der Waals surface area (Å²) in [6.07, 6.45) is -4.50. The molecule has 0 radical (unpaired) electrons. The quantitative estimate of drug-likeness (QED) is 0.0992. The van der Waals surface area contributed by atoms with Crippen molar-refractivity contribution in [2.45, 2.75) is 6.18 Å². The van der Waals surface area contributed by atoms with Crippen molar-refractivity contribution in [3.63, 3.8) is 0 Å². The standard InChI is InChI=1S/C14H10ClF3N2OS.C13H11ClN2OS/c15-9-5-3-7-11(12(9)21)20-13(22)19-10-6-2-1-4-8(10)14(16,17)18;14-10-7-4-8-11(12(10)17)16-13(18)15-9-5-2-1-3-6-9/h1-7,21H,(H2,19,20,22);1-8,17H,(H2,15,16,18). The van der Waals surface area contributed by atoms with Gasteiger partial charge in [-0.3, -0.25) is 0 Å². The Hall–Kier alpha value is -3.77. The molecule has 6 N–H and O–H groups in total. The fourth-order valence-electron chi connectivity index (χ4n) is 3.15. The van der Waals surface area contributed by atoms with Gasteiger partial charge in [-0.15, -0.1) is 0 Å². The van der Waals surface area contributed by atoms with Gasteiger partial charge in [-0.25, -0.2) is 0 Å². The lowest BCUT2D eigenvalue weighted by atomic mass is 10.1. The highest BCUT2D eigenvalue weighted by molar-refractivity contribution is 7.81. The molecule has 40 heavy (non-hydrogen) atoms. The van der Waals surface area contributed by atoms with Gasteiger partial charge in [-0.2, -0.15) is 13.2 Å². The predicted octanol–water partition coefficient (Wildman–Crippen LogP) is 8.73. The zero-order valence-corrected chi connectivity index (χ0v) is 23.4. The summed E-state index contributed by atoms with van der Waals surface area (Å²) in [5, 5.41) is 31.1. The van der Waals surface area contributed by atoms with E-state index in [4.69, 9.17) is 47.6 Å². The molecule has 4 rings (SSSR count). The summed E-state index contributed by atoms with van der Waals surface area (Å²) < 4.78 is 38.6. The van der Waals surface area contributed by atoms with Gasteiger partial charge < -0.3 is 31.5 Å². The molecule has 0 spiro atoms. The number of nitrogens with one attached hydrogen (secondary N) is 4. The number of alkyl halides is 3. The van der Waals surface area contributed by atoms with E-state index in [9.17, 15) is 23.4 Å². The van der Waals surface area contributed by atoms with E-state index in [1.165, 1.54) is 30.3 Å². The maximum absolute atomic E-state index is 12.9. The highest BCUT2D eigenvalue weighted by Crippen LogP contribution is 2.35. The molecule has 0 atom stereocenters. The van der Waals surface area contributed by atoms with Crippen LogP contribution in [-0.2, 0) is 6.18 Å². The summed E-state index contributed by atoms with van der Waals surface area (Å²) in [7, 11) is 0. The van der Waals surface area contributed by atoms with Crippen LogP contribution in [0.1, 0.15) is 5.56 Å². The average Bonchev–Trinajstić information content (AvgIpc) is 2.90. The van der Waals surface area contributed by atoms with E-state index in [-0.39, 0.29) is 38.0 Å². The molecule has 0 fully saturated rings. The molecule has 4 aromatic carbocycles. The van der Waals surface area contributed by atoms with Crippen molar-refractivity contribution in [3.05, 3.63) is 107 Å². The first-order chi connectivity index (χ1) is 19.0. The lowest BCUT2D eigenvalue weighted by molar-refractivity contribution is -0.136. The Morgan fingerprint density at radius 3 is 1.52 bits per heavy atom. The third-order valence-electron chi connectivity index (χ3n) is 4.98.